The van der Waals surface area contributed by atoms with Gasteiger partial charge in [-0.05, 0) is 60.6 Å². The summed E-state index contributed by atoms with van der Waals surface area (Å²) >= 11 is 5.17. The van der Waals surface area contributed by atoms with Gasteiger partial charge in [-0.25, -0.2) is 8.42 Å². The van der Waals surface area contributed by atoms with Crippen molar-refractivity contribution >= 4 is 38.9 Å². The maximum atomic E-state index is 12.7. The lowest BCUT2D eigenvalue weighted by molar-refractivity contribution is 0.0943. The van der Waals surface area contributed by atoms with Crippen molar-refractivity contribution < 1.29 is 22.7 Å². The molecule has 35 heavy (non-hydrogen) atoms. The number of hydrogen-bond acceptors (Lipinski definition) is 6. The van der Waals surface area contributed by atoms with Gasteiger partial charge >= 0.3 is 0 Å². The Morgan fingerprint density at radius 3 is 2.34 bits per heavy atom. The number of ether oxygens (including phenoxy) is 2. The van der Waals surface area contributed by atoms with Gasteiger partial charge in [-0.3, -0.25) is 20.4 Å². The number of hydrazine groups is 1. The first kappa shape index (κ1) is 24.3. The summed E-state index contributed by atoms with van der Waals surface area (Å²) < 4.78 is 38.9. The summed E-state index contributed by atoms with van der Waals surface area (Å²) in [5, 5.41) is 3.31. The Kier molecular flexibility index (Phi) is 7.68. The van der Waals surface area contributed by atoms with Crippen LogP contribution in [0.3, 0.4) is 0 Å². The van der Waals surface area contributed by atoms with Crippen molar-refractivity contribution in [2.75, 3.05) is 24.5 Å². The first-order valence-electron chi connectivity index (χ1n) is 10.8. The number of benzene rings is 3. The zero-order valence-electron chi connectivity index (χ0n) is 18.6. The molecule has 0 spiro atoms. The number of carbonyl (C=O) groups excluding carboxylic acids is 1. The van der Waals surface area contributed by atoms with Gasteiger partial charge in [0.15, 0.2) is 16.6 Å². The van der Waals surface area contributed by atoms with Gasteiger partial charge in [0.1, 0.15) is 13.2 Å². The SMILES string of the molecule is O=C(NNC(=S)NCCc1ccccc1)c1ccc(NS(=O)(=O)c2ccc3c(c2)OCCO3)cc1. The van der Waals surface area contributed by atoms with Crippen LogP contribution in [-0.2, 0) is 16.4 Å². The molecule has 0 aromatic heterocycles. The van der Waals surface area contributed by atoms with Crippen LogP contribution in [0.2, 0.25) is 0 Å². The van der Waals surface area contributed by atoms with E-state index in [-0.39, 0.29) is 10.0 Å². The molecule has 0 unspecified atom stereocenters. The first-order valence-corrected chi connectivity index (χ1v) is 12.7. The van der Waals surface area contributed by atoms with E-state index in [0.29, 0.717) is 42.5 Å². The zero-order valence-corrected chi connectivity index (χ0v) is 20.2. The Balaban J connectivity index is 1.27. The molecule has 1 aliphatic rings. The highest BCUT2D eigenvalue weighted by Gasteiger charge is 2.19. The zero-order chi connectivity index (χ0) is 24.7. The summed E-state index contributed by atoms with van der Waals surface area (Å²) in [4.78, 5) is 12.4. The highest BCUT2D eigenvalue weighted by atomic mass is 32.2. The quantitative estimate of drug-likeness (QED) is 0.282. The van der Waals surface area contributed by atoms with E-state index in [1.165, 1.54) is 42.0 Å². The number of carbonyl (C=O) groups is 1. The van der Waals surface area contributed by atoms with E-state index in [2.05, 4.69) is 20.9 Å². The molecule has 0 fully saturated rings. The monoisotopic (exact) mass is 512 g/mol. The smallest absolute Gasteiger partial charge is 0.269 e. The van der Waals surface area contributed by atoms with E-state index >= 15 is 0 Å². The maximum Gasteiger partial charge on any atom is 0.269 e. The second-order valence-electron chi connectivity index (χ2n) is 7.56. The lowest BCUT2D eigenvalue weighted by atomic mass is 10.1. The number of amides is 1. The Morgan fingerprint density at radius 1 is 0.886 bits per heavy atom. The molecule has 0 saturated carbocycles. The predicted molar refractivity (Wildman–Crippen MR) is 136 cm³/mol. The fourth-order valence-corrected chi connectivity index (χ4v) is 4.52. The van der Waals surface area contributed by atoms with Crippen molar-refractivity contribution in [1.82, 2.24) is 16.2 Å². The third-order valence-electron chi connectivity index (χ3n) is 5.05. The lowest BCUT2D eigenvalue weighted by Crippen LogP contribution is -2.47. The molecule has 3 aromatic rings. The number of fused-ring (bicyclic) bond motifs is 1. The lowest BCUT2D eigenvalue weighted by Gasteiger charge is -2.19. The summed E-state index contributed by atoms with van der Waals surface area (Å²) in [6.45, 7) is 1.39. The van der Waals surface area contributed by atoms with Gasteiger partial charge in [-0.1, -0.05) is 30.3 Å². The average Bonchev–Trinajstić information content (AvgIpc) is 2.88. The van der Waals surface area contributed by atoms with Crippen LogP contribution in [-0.4, -0.2) is 39.2 Å². The first-order chi connectivity index (χ1) is 16.9. The van der Waals surface area contributed by atoms with Crippen LogP contribution >= 0.6 is 12.2 Å². The van der Waals surface area contributed by atoms with Crippen molar-refractivity contribution in [3.05, 3.63) is 83.9 Å². The molecule has 11 heteroatoms. The van der Waals surface area contributed by atoms with Crippen molar-refractivity contribution in [2.24, 2.45) is 0 Å². The third-order valence-corrected chi connectivity index (χ3v) is 6.68. The Bertz CT molecular complexity index is 1300. The molecule has 4 rings (SSSR count). The van der Waals surface area contributed by atoms with Crippen LogP contribution in [0.25, 0.3) is 0 Å². The molecule has 182 valence electrons. The van der Waals surface area contributed by atoms with Crippen LogP contribution in [0, 0.1) is 0 Å². The van der Waals surface area contributed by atoms with Crippen molar-refractivity contribution in [3.8, 4) is 11.5 Å². The van der Waals surface area contributed by atoms with Gasteiger partial charge in [0.05, 0.1) is 4.90 Å². The van der Waals surface area contributed by atoms with Crippen LogP contribution < -0.4 is 30.4 Å². The number of hydrogen-bond donors (Lipinski definition) is 4. The van der Waals surface area contributed by atoms with Gasteiger partial charge < -0.3 is 14.8 Å². The highest BCUT2D eigenvalue weighted by Crippen LogP contribution is 2.32. The molecule has 0 saturated heterocycles. The topological polar surface area (TPSA) is 118 Å². The number of sulfonamides is 1. The van der Waals surface area contributed by atoms with Gasteiger partial charge in [-0.15, -0.1) is 0 Å². The minimum Gasteiger partial charge on any atom is -0.486 e. The second-order valence-corrected chi connectivity index (χ2v) is 9.65. The highest BCUT2D eigenvalue weighted by molar-refractivity contribution is 7.92. The van der Waals surface area contributed by atoms with Crippen molar-refractivity contribution in [2.45, 2.75) is 11.3 Å². The van der Waals surface area contributed by atoms with E-state index in [4.69, 9.17) is 21.7 Å². The van der Waals surface area contributed by atoms with Crippen molar-refractivity contribution in [3.63, 3.8) is 0 Å². The summed E-state index contributed by atoms with van der Waals surface area (Å²) in [5.74, 6) is 0.467. The molecule has 1 heterocycles. The van der Waals surface area contributed by atoms with E-state index in [0.717, 1.165) is 6.42 Å². The van der Waals surface area contributed by atoms with E-state index in [1.807, 2.05) is 30.3 Å². The van der Waals surface area contributed by atoms with E-state index in [1.54, 1.807) is 6.07 Å². The molecule has 1 aliphatic heterocycles. The van der Waals surface area contributed by atoms with Crippen LogP contribution in [0.1, 0.15) is 15.9 Å². The maximum absolute atomic E-state index is 12.7. The number of anilines is 1. The molecule has 4 N–H and O–H groups in total. The van der Waals surface area contributed by atoms with Crippen molar-refractivity contribution in [1.29, 1.82) is 0 Å². The second kappa shape index (κ2) is 11.1. The fraction of sp³-hybridized carbons (Fsp3) is 0.167. The van der Waals surface area contributed by atoms with Gasteiger partial charge in [0, 0.05) is 23.9 Å². The molecule has 1 amide bonds. The largest absolute Gasteiger partial charge is 0.486 e. The molecule has 0 radical (unpaired) electrons. The standard InChI is InChI=1S/C24H24N4O5S2/c29-23(26-27-24(34)25-13-12-17-4-2-1-3-5-17)18-6-8-19(9-7-18)28-35(30,31)20-10-11-21-22(16-20)33-15-14-32-21/h1-11,16,28H,12-15H2,(H,26,29)(H2,25,27,34). The molecule has 9 nitrogen and oxygen atoms in total. The van der Waals surface area contributed by atoms with Crippen LogP contribution in [0.5, 0.6) is 11.5 Å². The molecule has 0 atom stereocenters. The van der Waals surface area contributed by atoms with Gasteiger partial charge in [0.2, 0.25) is 0 Å². The van der Waals surface area contributed by atoms with E-state index < -0.39 is 15.9 Å². The van der Waals surface area contributed by atoms with Crippen LogP contribution in [0.4, 0.5) is 5.69 Å². The molecular formula is C24H24N4O5S2. The van der Waals surface area contributed by atoms with E-state index in [9.17, 15) is 13.2 Å². The molecule has 0 bridgehead atoms. The molecule has 0 aliphatic carbocycles. The average molecular weight is 513 g/mol. The number of nitrogens with one attached hydrogen (secondary N) is 4. The Hall–Kier alpha value is -3.83. The summed E-state index contributed by atoms with van der Waals surface area (Å²) in [5.41, 5.74) is 6.98. The fourth-order valence-electron chi connectivity index (χ4n) is 3.29. The summed E-state index contributed by atoms with van der Waals surface area (Å²) in [6.07, 6.45) is 0.792. The predicted octanol–water partition coefficient (Wildman–Crippen LogP) is 2.61. The summed E-state index contributed by atoms with van der Waals surface area (Å²) in [7, 11) is -3.85. The normalized spacial score (nSPS) is 12.3. The minimum atomic E-state index is -3.85. The van der Waals surface area contributed by atoms with Crippen LogP contribution in [0.15, 0.2) is 77.7 Å². The minimum absolute atomic E-state index is 0.0426. The summed E-state index contributed by atoms with van der Waals surface area (Å²) in [6, 6.07) is 20.4. The number of thiocarbonyl (C=S) groups is 1. The third kappa shape index (κ3) is 6.61. The number of rotatable bonds is 7. The van der Waals surface area contributed by atoms with Gasteiger partial charge in [-0.2, -0.15) is 0 Å². The molecular weight excluding hydrogens is 488 g/mol. The Labute approximate surface area is 208 Å². The van der Waals surface area contributed by atoms with Gasteiger partial charge in [0.25, 0.3) is 15.9 Å². The Morgan fingerprint density at radius 2 is 1.60 bits per heavy atom. The molecule has 3 aromatic carbocycles.